The van der Waals surface area contributed by atoms with Crippen molar-refractivity contribution in [2.24, 2.45) is 0 Å². The molecule has 1 unspecified atom stereocenters. The molecular weight excluding hydrogens is 286 g/mol. The Hall–Kier alpha value is -1.17. The van der Waals surface area contributed by atoms with Crippen LogP contribution in [-0.2, 0) is 13.8 Å². The number of hydrogen-bond acceptors (Lipinski definition) is 6. The molecule has 1 amide bonds. The summed E-state index contributed by atoms with van der Waals surface area (Å²) in [4.78, 5) is 17.1. The van der Waals surface area contributed by atoms with Gasteiger partial charge in [0.25, 0.3) is 0 Å². The average molecular weight is 292 g/mol. The number of aromatic nitrogens is 1. The SMILES string of the molecule is N#Cc1cnc(N2CC(S(=O)(=O)Cl)CC2=O)s1. The van der Waals surface area contributed by atoms with Gasteiger partial charge in [0.1, 0.15) is 16.2 Å². The second-order valence-corrected chi connectivity index (χ2v) is 7.34. The zero-order valence-electron chi connectivity index (χ0n) is 8.33. The van der Waals surface area contributed by atoms with Crippen LogP contribution in [0.4, 0.5) is 5.13 Å². The molecule has 0 radical (unpaired) electrons. The Morgan fingerprint density at radius 1 is 1.65 bits per heavy atom. The minimum atomic E-state index is -3.75. The number of rotatable bonds is 2. The van der Waals surface area contributed by atoms with Crippen LogP contribution >= 0.6 is 22.0 Å². The average Bonchev–Trinajstić information content (AvgIpc) is 2.82. The molecule has 1 aliphatic heterocycles. The van der Waals surface area contributed by atoms with E-state index >= 15 is 0 Å². The minimum Gasteiger partial charge on any atom is -0.287 e. The fourth-order valence-corrected chi connectivity index (χ4v) is 3.26. The highest BCUT2D eigenvalue weighted by Gasteiger charge is 2.39. The Labute approximate surface area is 106 Å². The van der Waals surface area contributed by atoms with E-state index in [-0.39, 0.29) is 18.9 Å². The number of nitriles is 1. The Balaban J connectivity index is 2.25. The lowest BCUT2D eigenvalue weighted by Crippen LogP contribution is -2.26. The zero-order chi connectivity index (χ0) is 12.6. The van der Waals surface area contributed by atoms with E-state index in [0.29, 0.717) is 10.0 Å². The molecule has 0 aliphatic carbocycles. The highest BCUT2D eigenvalue weighted by atomic mass is 35.7. The van der Waals surface area contributed by atoms with Gasteiger partial charge in [0.15, 0.2) is 5.13 Å². The van der Waals surface area contributed by atoms with Crippen LogP contribution in [-0.4, -0.2) is 31.1 Å². The van der Waals surface area contributed by atoms with E-state index in [1.54, 1.807) is 0 Å². The third-order valence-corrected chi connectivity index (χ3v) is 5.12. The van der Waals surface area contributed by atoms with Crippen LogP contribution in [0.25, 0.3) is 0 Å². The molecule has 1 saturated heterocycles. The number of halogens is 1. The van der Waals surface area contributed by atoms with Crippen LogP contribution in [0.3, 0.4) is 0 Å². The topological polar surface area (TPSA) is 91.1 Å². The third-order valence-electron chi connectivity index (χ3n) is 2.32. The highest BCUT2D eigenvalue weighted by Crippen LogP contribution is 2.29. The number of carbonyl (C=O) groups excluding carboxylic acids is 1. The molecular formula is C8H6ClN3O3S2. The summed E-state index contributed by atoms with van der Waals surface area (Å²) >= 11 is 1.04. The van der Waals surface area contributed by atoms with Gasteiger partial charge >= 0.3 is 0 Å². The van der Waals surface area contributed by atoms with E-state index in [1.807, 2.05) is 6.07 Å². The molecule has 6 nitrogen and oxygen atoms in total. The summed E-state index contributed by atoms with van der Waals surface area (Å²) in [6.07, 6.45) is 1.20. The summed E-state index contributed by atoms with van der Waals surface area (Å²) in [5.74, 6) is -0.349. The van der Waals surface area contributed by atoms with Gasteiger partial charge in [-0.05, 0) is 0 Å². The van der Waals surface area contributed by atoms with E-state index < -0.39 is 14.3 Å². The Kier molecular flexibility index (Phi) is 3.07. The van der Waals surface area contributed by atoms with Crippen LogP contribution in [0.2, 0.25) is 0 Å². The van der Waals surface area contributed by atoms with E-state index in [0.717, 1.165) is 11.3 Å². The van der Waals surface area contributed by atoms with Crippen LogP contribution < -0.4 is 4.90 Å². The van der Waals surface area contributed by atoms with Crippen molar-refractivity contribution in [3.63, 3.8) is 0 Å². The molecule has 0 N–H and O–H groups in total. The second-order valence-electron chi connectivity index (χ2n) is 3.42. The van der Waals surface area contributed by atoms with E-state index in [2.05, 4.69) is 4.98 Å². The van der Waals surface area contributed by atoms with Crippen LogP contribution in [0, 0.1) is 11.3 Å². The van der Waals surface area contributed by atoms with E-state index in [4.69, 9.17) is 15.9 Å². The maximum Gasteiger partial charge on any atom is 0.237 e. The number of carbonyl (C=O) groups is 1. The molecule has 1 aromatic rings. The first-order chi connectivity index (χ1) is 7.91. The number of hydrogen-bond donors (Lipinski definition) is 0. The van der Waals surface area contributed by atoms with Crippen molar-refractivity contribution in [2.45, 2.75) is 11.7 Å². The summed E-state index contributed by atoms with van der Waals surface area (Å²) in [5, 5.41) is 8.06. The predicted molar refractivity (Wildman–Crippen MR) is 62.4 cm³/mol. The van der Waals surface area contributed by atoms with Gasteiger partial charge in [-0.1, -0.05) is 11.3 Å². The molecule has 9 heteroatoms. The molecule has 0 aromatic carbocycles. The molecule has 1 aromatic heterocycles. The fourth-order valence-electron chi connectivity index (χ4n) is 1.49. The summed E-state index contributed by atoms with van der Waals surface area (Å²) in [7, 11) is 1.46. The van der Waals surface area contributed by atoms with Crippen molar-refractivity contribution in [1.29, 1.82) is 5.26 Å². The Morgan fingerprint density at radius 3 is 2.82 bits per heavy atom. The smallest absolute Gasteiger partial charge is 0.237 e. The molecule has 1 fully saturated rings. The van der Waals surface area contributed by atoms with Gasteiger partial charge in [0.05, 0.1) is 6.20 Å². The number of amides is 1. The summed E-state index contributed by atoms with van der Waals surface area (Å²) in [6.45, 7) is -0.0109. The van der Waals surface area contributed by atoms with Gasteiger partial charge in [0, 0.05) is 23.6 Å². The van der Waals surface area contributed by atoms with Gasteiger partial charge in [-0.25, -0.2) is 13.4 Å². The van der Waals surface area contributed by atoms with E-state index in [1.165, 1.54) is 11.1 Å². The lowest BCUT2D eigenvalue weighted by molar-refractivity contribution is -0.117. The van der Waals surface area contributed by atoms with Crippen LogP contribution in [0.1, 0.15) is 11.3 Å². The molecule has 1 atom stereocenters. The van der Waals surface area contributed by atoms with Crippen molar-refractivity contribution in [3.05, 3.63) is 11.1 Å². The van der Waals surface area contributed by atoms with Gasteiger partial charge in [-0.2, -0.15) is 5.26 Å². The van der Waals surface area contributed by atoms with Crippen molar-refractivity contribution >= 4 is 42.1 Å². The molecule has 2 rings (SSSR count). The van der Waals surface area contributed by atoms with Crippen LogP contribution in [0.15, 0.2) is 6.20 Å². The lowest BCUT2D eigenvalue weighted by atomic mass is 10.4. The summed E-state index contributed by atoms with van der Waals surface area (Å²) in [5.41, 5.74) is 0. The Bertz CT molecular complexity index is 604. The first-order valence-corrected chi connectivity index (χ1v) is 7.70. The van der Waals surface area contributed by atoms with Gasteiger partial charge in [0.2, 0.25) is 15.0 Å². The highest BCUT2D eigenvalue weighted by molar-refractivity contribution is 8.14. The minimum absolute atomic E-state index is 0.0109. The van der Waals surface area contributed by atoms with Crippen molar-refractivity contribution in [1.82, 2.24) is 4.98 Å². The first-order valence-electron chi connectivity index (χ1n) is 4.51. The summed E-state index contributed by atoms with van der Waals surface area (Å²) < 4.78 is 22.3. The molecule has 17 heavy (non-hydrogen) atoms. The first kappa shape index (κ1) is 12.3. The lowest BCUT2D eigenvalue weighted by Gasteiger charge is -2.11. The summed E-state index contributed by atoms with van der Waals surface area (Å²) in [6, 6.07) is 1.90. The molecule has 0 bridgehead atoms. The number of nitrogens with zero attached hydrogens (tertiary/aromatic N) is 3. The van der Waals surface area contributed by atoms with Crippen molar-refractivity contribution < 1.29 is 13.2 Å². The molecule has 0 spiro atoms. The van der Waals surface area contributed by atoms with Gasteiger partial charge < -0.3 is 0 Å². The standard InChI is InChI=1S/C8H6ClN3O3S2/c9-17(14,15)6-1-7(13)12(4-6)8-11-3-5(2-10)16-8/h3,6H,1,4H2. The molecule has 1 aliphatic rings. The largest absolute Gasteiger partial charge is 0.287 e. The quantitative estimate of drug-likeness (QED) is 0.748. The Morgan fingerprint density at radius 2 is 2.35 bits per heavy atom. The maximum atomic E-state index is 11.6. The van der Waals surface area contributed by atoms with Gasteiger partial charge in [-0.3, -0.25) is 9.69 Å². The van der Waals surface area contributed by atoms with Crippen molar-refractivity contribution in [2.75, 3.05) is 11.4 Å². The number of anilines is 1. The molecule has 90 valence electrons. The second kappa shape index (κ2) is 4.25. The van der Waals surface area contributed by atoms with E-state index in [9.17, 15) is 13.2 Å². The molecule has 2 heterocycles. The zero-order valence-corrected chi connectivity index (χ0v) is 10.7. The number of thiazole rings is 1. The fraction of sp³-hybridized carbons (Fsp3) is 0.375. The predicted octanol–water partition coefficient (Wildman–Crippen LogP) is 0.689. The third kappa shape index (κ3) is 2.41. The van der Waals surface area contributed by atoms with Crippen LogP contribution in [0.5, 0.6) is 0 Å². The monoisotopic (exact) mass is 291 g/mol. The maximum absolute atomic E-state index is 11.6. The normalized spacial score (nSPS) is 20.6. The molecule has 0 saturated carbocycles. The van der Waals surface area contributed by atoms with Gasteiger partial charge in [-0.15, -0.1) is 0 Å². The van der Waals surface area contributed by atoms with Crippen molar-refractivity contribution in [3.8, 4) is 6.07 Å².